The van der Waals surface area contributed by atoms with Crippen LogP contribution in [-0.2, 0) is 14.3 Å². The predicted octanol–water partition coefficient (Wildman–Crippen LogP) is 4.85. The third kappa shape index (κ3) is 5.89. The van der Waals surface area contributed by atoms with Crippen LogP contribution in [0, 0.1) is 6.92 Å². The number of carbonyl (C=O) groups excluding carboxylic acids is 3. The summed E-state index contributed by atoms with van der Waals surface area (Å²) in [6.45, 7) is 5.28. The third-order valence-corrected chi connectivity index (χ3v) is 6.87. The lowest BCUT2D eigenvalue weighted by Crippen LogP contribution is -2.16. The molecule has 1 N–H and O–H groups in total. The van der Waals surface area contributed by atoms with Crippen molar-refractivity contribution >= 4 is 45.9 Å². The van der Waals surface area contributed by atoms with Gasteiger partial charge in [0.05, 0.1) is 37.1 Å². The molecule has 0 unspecified atom stereocenters. The Balaban J connectivity index is 1.53. The standard InChI is InChI=1S/C24H22N4O7S2/c1-4-32-22(30)17-13(3)20(23(31)33-5-2)37-21(17)25-16(29)12-36-24-26-18(14-8-6-10-34-14)19(27-28-24)15-9-7-11-35-15/h6-11H,4-5,12H2,1-3H3,(H,25,29). The fourth-order valence-corrected chi connectivity index (χ4v) is 4.96. The number of thioether (sulfide) groups is 1. The van der Waals surface area contributed by atoms with Crippen LogP contribution in [0.25, 0.3) is 22.9 Å². The van der Waals surface area contributed by atoms with Gasteiger partial charge < -0.3 is 23.6 Å². The van der Waals surface area contributed by atoms with E-state index in [1.165, 1.54) is 12.5 Å². The first-order chi connectivity index (χ1) is 17.9. The van der Waals surface area contributed by atoms with E-state index in [9.17, 15) is 14.4 Å². The number of hydrogen-bond donors (Lipinski definition) is 1. The summed E-state index contributed by atoms with van der Waals surface area (Å²) in [5, 5.41) is 11.5. The van der Waals surface area contributed by atoms with Crippen LogP contribution in [-0.4, -0.2) is 52.0 Å². The quantitative estimate of drug-likeness (QED) is 0.217. The minimum atomic E-state index is -0.640. The number of nitrogens with zero attached hydrogens (tertiary/aromatic N) is 3. The Hall–Kier alpha value is -3.97. The average molecular weight is 543 g/mol. The Morgan fingerprint density at radius 1 is 0.973 bits per heavy atom. The van der Waals surface area contributed by atoms with Gasteiger partial charge in [0.25, 0.3) is 0 Å². The fourth-order valence-electron chi connectivity index (χ4n) is 3.27. The number of amides is 1. The number of furan rings is 2. The van der Waals surface area contributed by atoms with Crippen molar-refractivity contribution in [3.05, 3.63) is 52.8 Å². The molecule has 0 fully saturated rings. The summed E-state index contributed by atoms with van der Waals surface area (Å²) < 4.78 is 21.1. The number of carbonyl (C=O) groups is 3. The maximum atomic E-state index is 12.8. The van der Waals surface area contributed by atoms with Crippen LogP contribution >= 0.6 is 23.1 Å². The SMILES string of the molecule is CCOC(=O)c1sc(NC(=O)CSc2nnc(-c3ccco3)c(-c3ccco3)n2)c(C(=O)OCC)c1C. The summed E-state index contributed by atoms with van der Waals surface area (Å²) >= 11 is 2.00. The lowest BCUT2D eigenvalue weighted by Gasteiger charge is -2.07. The normalized spacial score (nSPS) is 10.8. The molecular formula is C24H22N4O7S2. The van der Waals surface area contributed by atoms with Gasteiger partial charge in [-0.1, -0.05) is 11.8 Å². The molecule has 4 aromatic rings. The lowest BCUT2D eigenvalue weighted by molar-refractivity contribution is -0.113. The van der Waals surface area contributed by atoms with Gasteiger partial charge in [-0.25, -0.2) is 14.6 Å². The second kappa shape index (κ2) is 11.8. The van der Waals surface area contributed by atoms with Gasteiger partial charge in [-0.15, -0.1) is 21.5 Å². The zero-order chi connectivity index (χ0) is 26.4. The molecule has 0 atom stereocenters. The summed E-state index contributed by atoms with van der Waals surface area (Å²) in [6.07, 6.45) is 3.03. The van der Waals surface area contributed by atoms with Crippen molar-refractivity contribution in [3.8, 4) is 22.9 Å². The van der Waals surface area contributed by atoms with Crippen LogP contribution in [0.5, 0.6) is 0 Å². The number of hydrogen-bond acceptors (Lipinski definition) is 12. The maximum Gasteiger partial charge on any atom is 0.348 e. The molecule has 192 valence electrons. The predicted molar refractivity (Wildman–Crippen MR) is 136 cm³/mol. The van der Waals surface area contributed by atoms with Gasteiger partial charge in [0.1, 0.15) is 15.6 Å². The molecule has 0 aliphatic heterocycles. The largest absolute Gasteiger partial charge is 0.463 e. The molecular weight excluding hydrogens is 520 g/mol. The number of rotatable bonds is 10. The molecule has 11 nitrogen and oxygen atoms in total. The first-order valence-electron chi connectivity index (χ1n) is 11.2. The van der Waals surface area contributed by atoms with E-state index in [-0.39, 0.29) is 39.6 Å². The molecule has 0 aliphatic carbocycles. The van der Waals surface area contributed by atoms with Gasteiger partial charge in [0.15, 0.2) is 17.2 Å². The Morgan fingerprint density at radius 2 is 1.62 bits per heavy atom. The summed E-state index contributed by atoms with van der Waals surface area (Å²) in [5.74, 6) is -0.811. The number of thiophene rings is 1. The van der Waals surface area contributed by atoms with Gasteiger partial charge in [0, 0.05) is 0 Å². The van der Waals surface area contributed by atoms with E-state index in [1.807, 2.05) is 0 Å². The number of aromatic nitrogens is 3. The molecule has 1 amide bonds. The Kier molecular flexibility index (Phi) is 8.36. The molecule has 0 aliphatic rings. The summed E-state index contributed by atoms with van der Waals surface area (Å²) in [5.41, 5.74) is 1.31. The molecule has 0 saturated carbocycles. The van der Waals surface area contributed by atoms with Crippen molar-refractivity contribution < 1.29 is 32.7 Å². The average Bonchev–Trinajstić information content (AvgIpc) is 3.65. The highest BCUT2D eigenvalue weighted by Gasteiger charge is 2.27. The van der Waals surface area contributed by atoms with E-state index in [4.69, 9.17) is 18.3 Å². The minimum absolute atomic E-state index is 0.0900. The van der Waals surface area contributed by atoms with Crippen molar-refractivity contribution in [2.24, 2.45) is 0 Å². The number of esters is 2. The molecule has 4 rings (SSSR count). The molecule has 4 aromatic heterocycles. The highest BCUT2D eigenvalue weighted by atomic mass is 32.2. The van der Waals surface area contributed by atoms with E-state index < -0.39 is 17.8 Å². The monoisotopic (exact) mass is 542 g/mol. The highest BCUT2D eigenvalue weighted by Crippen LogP contribution is 2.35. The second-order valence-electron chi connectivity index (χ2n) is 7.28. The highest BCUT2D eigenvalue weighted by molar-refractivity contribution is 7.99. The van der Waals surface area contributed by atoms with E-state index >= 15 is 0 Å². The van der Waals surface area contributed by atoms with Gasteiger partial charge in [-0.3, -0.25) is 4.79 Å². The van der Waals surface area contributed by atoms with Crippen molar-refractivity contribution in [1.29, 1.82) is 0 Å². The first-order valence-corrected chi connectivity index (χ1v) is 13.0. The molecule has 0 bridgehead atoms. The molecule has 0 aromatic carbocycles. The van der Waals surface area contributed by atoms with Crippen LogP contribution in [0.15, 0.2) is 50.8 Å². The second-order valence-corrected chi connectivity index (χ2v) is 9.25. The van der Waals surface area contributed by atoms with Crippen LogP contribution in [0.3, 0.4) is 0 Å². The molecule has 0 radical (unpaired) electrons. The zero-order valence-electron chi connectivity index (χ0n) is 20.1. The lowest BCUT2D eigenvalue weighted by atomic mass is 10.1. The summed E-state index contributed by atoms with van der Waals surface area (Å²) in [7, 11) is 0. The van der Waals surface area contributed by atoms with Crippen LogP contribution in [0.4, 0.5) is 5.00 Å². The summed E-state index contributed by atoms with van der Waals surface area (Å²) in [4.78, 5) is 42.4. The number of anilines is 1. The van der Waals surface area contributed by atoms with Gasteiger partial charge in [-0.05, 0) is 50.6 Å². The smallest absolute Gasteiger partial charge is 0.348 e. The van der Waals surface area contributed by atoms with E-state index in [1.54, 1.807) is 45.0 Å². The van der Waals surface area contributed by atoms with Crippen LogP contribution < -0.4 is 5.32 Å². The molecule has 37 heavy (non-hydrogen) atoms. The van der Waals surface area contributed by atoms with Crippen molar-refractivity contribution in [3.63, 3.8) is 0 Å². The minimum Gasteiger partial charge on any atom is -0.463 e. The number of ether oxygens (including phenoxy) is 2. The Bertz CT molecular complexity index is 1400. The van der Waals surface area contributed by atoms with Gasteiger partial charge >= 0.3 is 11.9 Å². The maximum absolute atomic E-state index is 12.8. The molecule has 0 saturated heterocycles. The Morgan fingerprint density at radius 3 is 2.24 bits per heavy atom. The van der Waals surface area contributed by atoms with E-state index in [0.29, 0.717) is 28.5 Å². The topological polar surface area (TPSA) is 147 Å². The molecule has 13 heteroatoms. The third-order valence-electron chi connectivity index (χ3n) is 4.85. The molecule has 0 spiro atoms. The van der Waals surface area contributed by atoms with E-state index in [0.717, 1.165) is 23.1 Å². The molecule has 4 heterocycles. The van der Waals surface area contributed by atoms with Crippen LogP contribution in [0.2, 0.25) is 0 Å². The fraction of sp³-hybridized carbons (Fsp3) is 0.250. The first kappa shape index (κ1) is 26.1. The van der Waals surface area contributed by atoms with Crippen LogP contribution in [0.1, 0.15) is 39.4 Å². The summed E-state index contributed by atoms with van der Waals surface area (Å²) in [6, 6.07) is 6.90. The van der Waals surface area contributed by atoms with Crippen molar-refractivity contribution in [1.82, 2.24) is 15.2 Å². The Labute approximate surface area is 219 Å². The van der Waals surface area contributed by atoms with Gasteiger partial charge in [-0.2, -0.15) is 0 Å². The number of nitrogens with one attached hydrogen (secondary N) is 1. The van der Waals surface area contributed by atoms with Crippen molar-refractivity contribution in [2.45, 2.75) is 25.9 Å². The zero-order valence-corrected chi connectivity index (χ0v) is 21.7. The van der Waals surface area contributed by atoms with Crippen molar-refractivity contribution in [2.75, 3.05) is 24.3 Å². The van der Waals surface area contributed by atoms with Gasteiger partial charge in [0.2, 0.25) is 11.1 Å². The van der Waals surface area contributed by atoms with E-state index in [2.05, 4.69) is 20.5 Å².